The third kappa shape index (κ3) is 4.87. The topological polar surface area (TPSA) is 75.6 Å². The van der Waals surface area contributed by atoms with Crippen LogP contribution in [0.1, 0.15) is 20.3 Å². The monoisotopic (exact) mass is 283 g/mol. The molecule has 0 saturated heterocycles. The summed E-state index contributed by atoms with van der Waals surface area (Å²) >= 11 is 0. The molecule has 0 fully saturated rings. The first-order valence-electron chi connectivity index (χ1n) is 6.34. The summed E-state index contributed by atoms with van der Waals surface area (Å²) in [5.41, 5.74) is 0. The van der Waals surface area contributed by atoms with E-state index in [-0.39, 0.29) is 12.5 Å². The Balaban J connectivity index is 2.49. The van der Waals surface area contributed by atoms with Crippen molar-refractivity contribution in [3.8, 4) is 5.75 Å². The molecule has 0 bridgehead atoms. The van der Waals surface area contributed by atoms with E-state index in [1.807, 2.05) is 6.92 Å². The van der Waals surface area contributed by atoms with Gasteiger partial charge < -0.3 is 15.2 Å². The number of benzene rings is 1. The summed E-state index contributed by atoms with van der Waals surface area (Å²) in [4.78, 5) is 22.7. The lowest BCUT2D eigenvalue weighted by atomic mass is 9.99. The highest BCUT2D eigenvalue weighted by Crippen LogP contribution is 2.11. The fraction of sp³-hybridized carbons (Fsp3) is 0.429. The van der Waals surface area contributed by atoms with Crippen molar-refractivity contribution in [2.45, 2.75) is 26.3 Å². The molecule has 1 amide bonds. The average molecular weight is 283 g/mol. The Bertz CT molecular complexity index is 461. The lowest BCUT2D eigenvalue weighted by Crippen LogP contribution is -2.46. The van der Waals surface area contributed by atoms with Crippen LogP contribution < -0.4 is 10.1 Å². The van der Waals surface area contributed by atoms with E-state index < -0.39 is 23.7 Å². The van der Waals surface area contributed by atoms with Crippen LogP contribution in [0.3, 0.4) is 0 Å². The number of nitrogens with one attached hydrogen (secondary N) is 1. The SMILES string of the molecule is CC[C@H](C)[C@H](NC(=O)COc1ccc(F)cc1)C(=O)O. The normalized spacial score (nSPS) is 13.3. The van der Waals surface area contributed by atoms with Crippen LogP contribution in [-0.2, 0) is 9.59 Å². The summed E-state index contributed by atoms with van der Waals surface area (Å²) in [6.07, 6.45) is 0.635. The van der Waals surface area contributed by atoms with Gasteiger partial charge in [0.1, 0.15) is 17.6 Å². The van der Waals surface area contributed by atoms with E-state index in [4.69, 9.17) is 9.84 Å². The number of ether oxygens (including phenoxy) is 1. The van der Waals surface area contributed by atoms with Crippen molar-refractivity contribution < 1.29 is 23.8 Å². The highest BCUT2D eigenvalue weighted by Gasteiger charge is 2.25. The van der Waals surface area contributed by atoms with Gasteiger partial charge in [-0.05, 0) is 30.2 Å². The smallest absolute Gasteiger partial charge is 0.326 e. The number of rotatable bonds is 7. The minimum atomic E-state index is -1.07. The highest BCUT2D eigenvalue weighted by molar-refractivity contribution is 5.84. The molecule has 0 heterocycles. The van der Waals surface area contributed by atoms with Gasteiger partial charge in [0, 0.05) is 0 Å². The molecule has 1 aromatic rings. The molecular formula is C14H18FNO4. The Morgan fingerprint density at radius 1 is 1.35 bits per heavy atom. The highest BCUT2D eigenvalue weighted by atomic mass is 19.1. The van der Waals surface area contributed by atoms with E-state index in [1.165, 1.54) is 24.3 Å². The van der Waals surface area contributed by atoms with Crippen LogP contribution in [0.25, 0.3) is 0 Å². The molecule has 5 nitrogen and oxygen atoms in total. The summed E-state index contributed by atoms with van der Waals surface area (Å²) in [7, 11) is 0. The quantitative estimate of drug-likeness (QED) is 0.800. The number of halogens is 1. The average Bonchev–Trinajstić information content (AvgIpc) is 2.43. The van der Waals surface area contributed by atoms with Crippen LogP contribution in [0.2, 0.25) is 0 Å². The number of hydrogen-bond acceptors (Lipinski definition) is 3. The molecule has 0 aliphatic heterocycles. The lowest BCUT2D eigenvalue weighted by molar-refractivity contribution is -0.143. The van der Waals surface area contributed by atoms with Crippen LogP contribution in [0.4, 0.5) is 4.39 Å². The third-order valence-corrected chi connectivity index (χ3v) is 2.98. The van der Waals surface area contributed by atoms with Gasteiger partial charge in [-0.15, -0.1) is 0 Å². The van der Waals surface area contributed by atoms with Gasteiger partial charge in [0.25, 0.3) is 5.91 Å². The predicted molar refractivity (Wildman–Crippen MR) is 70.9 cm³/mol. The second-order valence-electron chi connectivity index (χ2n) is 4.51. The number of hydrogen-bond donors (Lipinski definition) is 2. The fourth-order valence-corrected chi connectivity index (χ4v) is 1.58. The minimum absolute atomic E-state index is 0.178. The van der Waals surface area contributed by atoms with Crippen LogP contribution in [-0.4, -0.2) is 29.6 Å². The molecule has 0 aliphatic carbocycles. The molecular weight excluding hydrogens is 265 g/mol. The number of carboxylic acids is 1. The maximum absolute atomic E-state index is 12.7. The van der Waals surface area contributed by atoms with E-state index in [9.17, 15) is 14.0 Å². The zero-order valence-corrected chi connectivity index (χ0v) is 11.4. The maximum Gasteiger partial charge on any atom is 0.326 e. The van der Waals surface area contributed by atoms with E-state index in [0.29, 0.717) is 12.2 Å². The van der Waals surface area contributed by atoms with Crippen molar-refractivity contribution in [3.63, 3.8) is 0 Å². The van der Waals surface area contributed by atoms with E-state index in [2.05, 4.69) is 5.32 Å². The Hall–Kier alpha value is -2.11. The molecule has 110 valence electrons. The van der Waals surface area contributed by atoms with Crippen LogP contribution >= 0.6 is 0 Å². The van der Waals surface area contributed by atoms with Crippen molar-refractivity contribution in [2.75, 3.05) is 6.61 Å². The summed E-state index contributed by atoms with van der Waals surface area (Å²) in [5.74, 6) is -1.83. The molecule has 1 rings (SSSR count). The van der Waals surface area contributed by atoms with Gasteiger partial charge in [-0.2, -0.15) is 0 Å². The van der Waals surface area contributed by atoms with Gasteiger partial charge in [-0.25, -0.2) is 9.18 Å². The van der Waals surface area contributed by atoms with Crippen molar-refractivity contribution >= 4 is 11.9 Å². The fourth-order valence-electron chi connectivity index (χ4n) is 1.58. The second-order valence-corrected chi connectivity index (χ2v) is 4.51. The number of aliphatic carboxylic acids is 1. The van der Waals surface area contributed by atoms with Crippen LogP contribution in [0.5, 0.6) is 5.75 Å². The number of carbonyl (C=O) groups excluding carboxylic acids is 1. The van der Waals surface area contributed by atoms with Gasteiger partial charge in [-0.3, -0.25) is 4.79 Å². The van der Waals surface area contributed by atoms with Crippen molar-refractivity contribution in [1.82, 2.24) is 5.32 Å². The molecule has 2 atom stereocenters. The first kappa shape index (κ1) is 15.9. The molecule has 1 aromatic carbocycles. The van der Waals surface area contributed by atoms with Crippen molar-refractivity contribution in [2.24, 2.45) is 5.92 Å². The molecule has 20 heavy (non-hydrogen) atoms. The first-order chi connectivity index (χ1) is 9.43. The molecule has 0 spiro atoms. The molecule has 0 radical (unpaired) electrons. The molecule has 0 aliphatic rings. The van der Waals surface area contributed by atoms with Gasteiger partial charge in [0.2, 0.25) is 0 Å². The van der Waals surface area contributed by atoms with Gasteiger partial charge in [0.15, 0.2) is 6.61 Å². The minimum Gasteiger partial charge on any atom is -0.484 e. The Kier molecular flexibility index (Phi) is 5.96. The standard InChI is InChI=1S/C14H18FNO4/c1-3-9(2)13(14(18)19)16-12(17)8-20-11-6-4-10(15)5-7-11/h4-7,9,13H,3,8H2,1-2H3,(H,16,17)(H,18,19)/t9-,13-/m0/s1. The molecule has 0 aromatic heterocycles. The van der Waals surface area contributed by atoms with E-state index >= 15 is 0 Å². The zero-order valence-electron chi connectivity index (χ0n) is 11.4. The van der Waals surface area contributed by atoms with Crippen LogP contribution in [0.15, 0.2) is 24.3 Å². The summed E-state index contributed by atoms with van der Waals surface area (Å²) in [6, 6.07) is 4.28. The van der Waals surface area contributed by atoms with E-state index in [1.54, 1.807) is 6.92 Å². The largest absolute Gasteiger partial charge is 0.484 e. The first-order valence-corrected chi connectivity index (χ1v) is 6.34. The number of carbonyl (C=O) groups is 2. The van der Waals surface area contributed by atoms with Gasteiger partial charge in [0.05, 0.1) is 0 Å². The number of carboxylic acid groups (broad SMARTS) is 1. The summed E-state index contributed by atoms with van der Waals surface area (Å²) in [5, 5.41) is 11.5. The Labute approximate surface area is 116 Å². The molecule has 0 saturated carbocycles. The maximum atomic E-state index is 12.7. The Morgan fingerprint density at radius 2 is 1.95 bits per heavy atom. The van der Waals surface area contributed by atoms with Crippen LogP contribution in [0, 0.1) is 11.7 Å². The predicted octanol–water partition coefficient (Wildman–Crippen LogP) is 1.82. The summed E-state index contributed by atoms with van der Waals surface area (Å²) < 4.78 is 17.8. The second kappa shape index (κ2) is 7.47. The lowest BCUT2D eigenvalue weighted by Gasteiger charge is -2.20. The van der Waals surface area contributed by atoms with E-state index in [0.717, 1.165) is 0 Å². The number of amides is 1. The van der Waals surface area contributed by atoms with Crippen molar-refractivity contribution in [1.29, 1.82) is 0 Å². The molecule has 2 N–H and O–H groups in total. The van der Waals surface area contributed by atoms with Crippen molar-refractivity contribution in [3.05, 3.63) is 30.1 Å². The summed E-state index contributed by atoms with van der Waals surface area (Å²) in [6.45, 7) is 3.29. The van der Waals surface area contributed by atoms with Gasteiger partial charge in [-0.1, -0.05) is 20.3 Å². The van der Waals surface area contributed by atoms with Gasteiger partial charge >= 0.3 is 5.97 Å². The molecule has 6 heteroatoms. The third-order valence-electron chi connectivity index (χ3n) is 2.98. The Morgan fingerprint density at radius 3 is 2.45 bits per heavy atom. The molecule has 0 unspecified atom stereocenters. The zero-order chi connectivity index (χ0) is 15.1.